The van der Waals surface area contributed by atoms with Crippen molar-refractivity contribution < 1.29 is 14.3 Å². The second-order valence-electron chi connectivity index (χ2n) is 7.19. The van der Waals surface area contributed by atoms with Crippen LogP contribution >= 0.6 is 0 Å². The number of rotatable bonds is 4. The minimum absolute atomic E-state index is 0.120. The summed E-state index contributed by atoms with van der Waals surface area (Å²) in [5, 5.41) is 22.4. The number of benzene rings is 1. The summed E-state index contributed by atoms with van der Waals surface area (Å²) < 4.78 is 13.1. The molecular formula is C19H24FN3O2. The molecule has 0 bridgehead atoms. The lowest BCUT2D eigenvalue weighted by Crippen LogP contribution is -2.51. The molecule has 134 valence electrons. The van der Waals surface area contributed by atoms with Crippen LogP contribution in [0.2, 0.25) is 0 Å². The minimum atomic E-state index is -0.751. The Morgan fingerprint density at radius 1 is 1.32 bits per heavy atom. The largest absolute Gasteiger partial charge is 0.392 e. The van der Waals surface area contributed by atoms with E-state index in [0.717, 1.165) is 24.8 Å². The van der Waals surface area contributed by atoms with Crippen LogP contribution in [0.15, 0.2) is 24.3 Å². The Bertz CT molecular complexity index is 650. The fourth-order valence-electron chi connectivity index (χ4n) is 4.00. The number of likely N-dealkylation sites (tertiary alicyclic amines) is 1. The van der Waals surface area contributed by atoms with Gasteiger partial charge in [-0.2, -0.15) is 5.26 Å². The van der Waals surface area contributed by atoms with Crippen molar-refractivity contribution in [2.45, 2.75) is 56.2 Å². The summed E-state index contributed by atoms with van der Waals surface area (Å²) >= 11 is 0. The van der Waals surface area contributed by atoms with Crippen molar-refractivity contribution in [2.24, 2.45) is 0 Å². The molecule has 2 aliphatic rings. The molecule has 0 radical (unpaired) electrons. The van der Waals surface area contributed by atoms with E-state index in [2.05, 4.69) is 11.4 Å². The van der Waals surface area contributed by atoms with Crippen LogP contribution in [0, 0.1) is 17.1 Å². The van der Waals surface area contributed by atoms with Crippen molar-refractivity contribution in [1.29, 1.82) is 5.26 Å². The topological polar surface area (TPSA) is 76.4 Å². The van der Waals surface area contributed by atoms with Crippen molar-refractivity contribution in [3.8, 4) is 6.07 Å². The highest BCUT2D eigenvalue weighted by molar-refractivity contribution is 5.79. The van der Waals surface area contributed by atoms with Crippen LogP contribution in [0.5, 0.6) is 0 Å². The molecule has 1 amide bonds. The molecule has 3 rings (SSSR count). The highest BCUT2D eigenvalue weighted by Gasteiger charge is 2.37. The van der Waals surface area contributed by atoms with Crippen molar-refractivity contribution in [2.75, 3.05) is 13.1 Å². The molecule has 2 atom stereocenters. The van der Waals surface area contributed by atoms with E-state index in [1.807, 2.05) is 4.90 Å². The number of nitriles is 1. The van der Waals surface area contributed by atoms with Crippen molar-refractivity contribution >= 4 is 5.91 Å². The first kappa shape index (κ1) is 17.8. The third-order valence-corrected chi connectivity index (χ3v) is 5.28. The van der Waals surface area contributed by atoms with E-state index in [0.29, 0.717) is 25.8 Å². The second kappa shape index (κ2) is 7.51. The molecule has 2 N–H and O–H groups in total. The number of amides is 1. The van der Waals surface area contributed by atoms with E-state index in [9.17, 15) is 19.6 Å². The third kappa shape index (κ3) is 4.17. The summed E-state index contributed by atoms with van der Waals surface area (Å²) in [6.07, 6.45) is 4.40. The van der Waals surface area contributed by atoms with Gasteiger partial charge in [-0.15, -0.1) is 0 Å². The summed E-state index contributed by atoms with van der Waals surface area (Å²) in [6, 6.07) is 8.35. The Balaban J connectivity index is 1.66. The monoisotopic (exact) mass is 345 g/mol. The van der Waals surface area contributed by atoms with Gasteiger partial charge < -0.3 is 10.4 Å². The fraction of sp³-hybridized carbons (Fsp3) is 0.579. The van der Waals surface area contributed by atoms with E-state index in [1.165, 1.54) is 12.1 Å². The Labute approximate surface area is 147 Å². The number of carbonyl (C=O) groups excluding carboxylic acids is 1. The van der Waals surface area contributed by atoms with Crippen molar-refractivity contribution in [3.05, 3.63) is 35.6 Å². The lowest BCUT2D eigenvalue weighted by molar-refractivity contribution is -0.124. The van der Waals surface area contributed by atoms with Crippen molar-refractivity contribution in [3.63, 3.8) is 0 Å². The predicted octanol–water partition coefficient (Wildman–Crippen LogP) is 2.28. The Kier molecular flexibility index (Phi) is 5.36. The molecule has 25 heavy (non-hydrogen) atoms. The van der Waals surface area contributed by atoms with Crippen LogP contribution in [-0.2, 0) is 4.79 Å². The number of aliphatic hydroxyl groups is 1. The lowest BCUT2D eigenvalue weighted by atomic mass is 9.83. The maximum atomic E-state index is 13.1. The van der Waals surface area contributed by atoms with Crippen LogP contribution in [-0.4, -0.2) is 40.6 Å². The molecule has 1 aliphatic heterocycles. The Morgan fingerprint density at radius 2 is 2.00 bits per heavy atom. The van der Waals surface area contributed by atoms with Gasteiger partial charge in [-0.05, 0) is 37.0 Å². The molecule has 2 fully saturated rings. The average molecular weight is 345 g/mol. The molecule has 1 aromatic rings. The van der Waals surface area contributed by atoms with Crippen LogP contribution in [0.25, 0.3) is 0 Å². The molecule has 6 heteroatoms. The first-order valence-corrected chi connectivity index (χ1v) is 8.91. The van der Waals surface area contributed by atoms with Crippen LogP contribution in [0.4, 0.5) is 4.39 Å². The molecule has 1 saturated heterocycles. The quantitative estimate of drug-likeness (QED) is 0.878. The van der Waals surface area contributed by atoms with Crippen LogP contribution in [0.3, 0.4) is 0 Å². The van der Waals surface area contributed by atoms with E-state index in [4.69, 9.17) is 0 Å². The number of aliphatic hydroxyl groups excluding tert-OH is 1. The Morgan fingerprint density at radius 3 is 2.64 bits per heavy atom. The van der Waals surface area contributed by atoms with Gasteiger partial charge in [0.25, 0.3) is 0 Å². The molecule has 1 aliphatic carbocycles. The number of halogens is 1. The highest BCUT2D eigenvalue weighted by atomic mass is 19.1. The molecule has 1 saturated carbocycles. The smallest absolute Gasteiger partial charge is 0.235 e. The summed E-state index contributed by atoms with van der Waals surface area (Å²) in [7, 11) is 0. The molecule has 0 unspecified atom stereocenters. The normalized spacial score (nSPS) is 26.1. The number of nitrogens with one attached hydrogen (secondary N) is 1. The maximum absolute atomic E-state index is 13.1. The minimum Gasteiger partial charge on any atom is -0.392 e. The third-order valence-electron chi connectivity index (χ3n) is 5.28. The fourth-order valence-corrected chi connectivity index (χ4v) is 4.00. The zero-order chi connectivity index (χ0) is 17.9. The van der Waals surface area contributed by atoms with Gasteiger partial charge in [0.05, 0.1) is 18.7 Å². The van der Waals surface area contributed by atoms with Crippen LogP contribution in [0.1, 0.15) is 50.1 Å². The molecular weight excluding hydrogens is 321 g/mol. The second-order valence-corrected chi connectivity index (χ2v) is 7.19. The lowest BCUT2D eigenvalue weighted by Gasteiger charge is -2.33. The SMILES string of the molecule is N#CC1(NC(=O)CN2C[C@H](O)C[C@@H]2c2ccc(F)cc2)CCCCC1. The van der Waals surface area contributed by atoms with Gasteiger partial charge in [0.2, 0.25) is 5.91 Å². The van der Waals surface area contributed by atoms with Gasteiger partial charge in [-0.1, -0.05) is 31.4 Å². The number of carbonyl (C=O) groups is 1. The first-order valence-electron chi connectivity index (χ1n) is 8.91. The summed E-state index contributed by atoms with van der Waals surface area (Å²) in [5.41, 5.74) is 0.136. The van der Waals surface area contributed by atoms with E-state index < -0.39 is 11.6 Å². The molecule has 5 nitrogen and oxygen atoms in total. The van der Waals surface area contributed by atoms with Gasteiger partial charge in [-0.3, -0.25) is 9.69 Å². The van der Waals surface area contributed by atoms with Gasteiger partial charge in [-0.25, -0.2) is 4.39 Å². The zero-order valence-electron chi connectivity index (χ0n) is 14.2. The first-order chi connectivity index (χ1) is 12.0. The average Bonchev–Trinajstić information content (AvgIpc) is 2.96. The van der Waals surface area contributed by atoms with E-state index in [-0.39, 0.29) is 24.3 Å². The van der Waals surface area contributed by atoms with E-state index in [1.54, 1.807) is 12.1 Å². The van der Waals surface area contributed by atoms with Gasteiger partial charge in [0.1, 0.15) is 11.4 Å². The molecule has 1 aromatic carbocycles. The molecule has 0 aromatic heterocycles. The molecule has 1 heterocycles. The van der Waals surface area contributed by atoms with Gasteiger partial charge >= 0.3 is 0 Å². The van der Waals surface area contributed by atoms with Gasteiger partial charge in [0.15, 0.2) is 0 Å². The molecule has 0 spiro atoms. The van der Waals surface area contributed by atoms with E-state index >= 15 is 0 Å². The maximum Gasteiger partial charge on any atom is 0.235 e. The zero-order valence-corrected chi connectivity index (χ0v) is 14.2. The van der Waals surface area contributed by atoms with Gasteiger partial charge in [0, 0.05) is 12.6 Å². The standard InChI is InChI=1S/C19H24FN3O2/c20-15-6-4-14(5-7-15)17-10-16(24)11-23(17)12-18(25)22-19(13-21)8-2-1-3-9-19/h4-7,16-17,24H,1-3,8-12H2,(H,22,25)/t16-,17-/m1/s1. The number of β-amino-alcohol motifs (C(OH)–C–C–N with tert-alkyl or cyclic N) is 1. The van der Waals surface area contributed by atoms with Crippen molar-refractivity contribution in [1.82, 2.24) is 10.2 Å². The number of nitrogens with zero attached hydrogens (tertiary/aromatic N) is 2. The van der Waals surface area contributed by atoms with Crippen LogP contribution < -0.4 is 5.32 Å². The summed E-state index contributed by atoms with van der Waals surface area (Å²) in [6.45, 7) is 0.525. The predicted molar refractivity (Wildman–Crippen MR) is 90.9 cm³/mol. The Hall–Kier alpha value is -1.97. The number of hydrogen-bond acceptors (Lipinski definition) is 4. The summed E-state index contributed by atoms with van der Waals surface area (Å²) in [5.74, 6) is -0.496. The highest BCUT2D eigenvalue weighted by Crippen LogP contribution is 2.32. The number of hydrogen-bond donors (Lipinski definition) is 2. The summed E-state index contributed by atoms with van der Waals surface area (Å²) in [4.78, 5) is 14.4.